The average molecular weight is 250 g/mol. The van der Waals surface area contributed by atoms with Crippen molar-refractivity contribution >= 4 is 33.3 Å². The highest BCUT2D eigenvalue weighted by Gasteiger charge is 2.18. The SMILES string of the molecule is CCC(=O)C1=CC=C(Br)C(Cl)C1. The van der Waals surface area contributed by atoms with E-state index in [9.17, 15) is 4.79 Å². The molecule has 1 unspecified atom stereocenters. The van der Waals surface area contributed by atoms with Crippen molar-refractivity contribution in [3.8, 4) is 0 Å². The van der Waals surface area contributed by atoms with Crippen LogP contribution in [0.1, 0.15) is 19.8 Å². The third-order valence-electron chi connectivity index (χ3n) is 1.82. The molecule has 0 fully saturated rings. The molecule has 1 nitrogen and oxygen atoms in total. The van der Waals surface area contributed by atoms with E-state index < -0.39 is 0 Å². The monoisotopic (exact) mass is 248 g/mol. The summed E-state index contributed by atoms with van der Waals surface area (Å²) in [6.45, 7) is 1.86. The van der Waals surface area contributed by atoms with Crippen molar-refractivity contribution in [2.45, 2.75) is 25.1 Å². The van der Waals surface area contributed by atoms with Crippen molar-refractivity contribution in [2.75, 3.05) is 0 Å². The first-order valence-corrected chi connectivity index (χ1v) is 5.11. The summed E-state index contributed by atoms with van der Waals surface area (Å²) >= 11 is 9.28. The predicted octanol–water partition coefficient (Wildman–Crippen LogP) is 3.18. The van der Waals surface area contributed by atoms with Crippen molar-refractivity contribution in [1.82, 2.24) is 0 Å². The van der Waals surface area contributed by atoms with Gasteiger partial charge in [0.05, 0.1) is 5.38 Å². The van der Waals surface area contributed by atoms with E-state index in [-0.39, 0.29) is 11.2 Å². The second-order valence-corrected chi connectivity index (χ2v) is 4.13. The number of allylic oxidation sites excluding steroid dienone is 4. The minimum atomic E-state index is -0.0690. The fourth-order valence-electron chi connectivity index (χ4n) is 1.08. The number of carbonyl (C=O) groups excluding carboxylic acids is 1. The van der Waals surface area contributed by atoms with E-state index in [0.717, 1.165) is 10.1 Å². The lowest BCUT2D eigenvalue weighted by molar-refractivity contribution is -0.115. The van der Waals surface area contributed by atoms with Crippen LogP contribution in [0.2, 0.25) is 0 Å². The second-order valence-electron chi connectivity index (χ2n) is 2.69. The van der Waals surface area contributed by atoms with Crippen LogP contribution >= 0.6 is 27.5 Å². The maximum absolute atomic E-state index is 11.2. The van der Waals surface area contributed by atoms with Gasteiger partial charge >= 0.3 is 0 Å². The first kappa shape index (κ1) is 10.0. The van der Waals surface area contributed by atoms with Gasteiger partial charge < -0.3 is 0 Å². The van der Waals surface area contributed by atoms with E-state index in [0.29, 0.717) is 12.8 Å². The van der Waals surface area contributed by atoms with Crippen LogP contribution in [0.5, 0.6) is 0 Å². The van der Waals surface area contributed by atoms with Crippen LogP contribution in [0.15, 0.2) is 22.2 Å². The fraction of sp³-hybridized carbons (Fsp3) is 0.444. The van der Waals surface area contributed by atoms with Gasteiger partial charge in [-0.2, -0.15) is 0 Å². The predicted molar refractivity (Wildman–Crippen MR) is 54.6 cm³/mol. The number of hydrogen-bond donors (Lipinski definition) is 0. The lowest BCUT2D eigenvalue weighted by Crippen LogP contribution is -2.10. The number of rotatable bonds is 2. The second kappa shape index (κ2) is 4.24. The molecular weight excluding hydrogens is 239 g/mol. The summed E-state index contributed by atoms with van der Waals surface area (Å²) in [6.07, 6.45) is 4.89. The summed E-state index contributed by atoms with van der Waals surface area (Å²) in [5, 5.41) is -0.0690. The highest BCUT2D eigenvalue weighted by molar-refractivity contribution is 9.11. The highest BCUT2D eigenvalue weighted by atomic mass is 79.9. The molecule has 3 heteroatoms. The average Bonchev–Trinajstić information content (AvgIpc) is 2.08. The van der Waals surface area contributed by atoms with Crippen LogP contribution in [-0.4, -0.2) is 11.2 Å². The van der Waals surface area contributed by atoms with Crippen molar-refractivity contribution in [3.05, 3.63) is 22.2 Å². The van der Waals surface area contributed by atoms with Gasteiger partial charge in [0.1, 0.15) is 0 Å². The number of Topliss-reactive ketones (excluding diaryl/α,β-unsaturated/α-hetero) is 1. The molecule has 0 aromatic carbocycles. The van der Waals surface area contributed by atoms with Crippen LogP contribution in [0, 0.1) is 0 Å². The van der Waals surface area contributed by atoms with Crippen molar-refractivity contribution in [2.24, 2.45) is 0 Å². The molecule has 1 rings (SSSR count). The smallest absolute Gasteiger partial charge is 0.158 e. The van der Waals surface area contributed by atoms with Gasteiger partial charge in [-0.1, -0.05) is 35.0 Å². The van der Waals surface area contributed by atoms with Gasteiger partial charge in [-0.25, -0.2) is 0 Å². The minimum Gasteiger partial charge on any atom is -0.295 e. The van der Waals surface area contributed by atoms with Gasteiger partial charge in [0, 0.05) is 10.9 Å². The molecule has 66 valence electrons. The standard InChI is InChI=1S/C9H10BrClO/c1-2-9(12)6-3-4-7(10)8(11)5-6/h3-4,8H,2,5H2,1H3. The molecule has 0 aliphatic heterocycles. The van der Waals surface area contributed by atoms with E-state index in [1.165, 1.54) is 0 Å². The number of alkyl halides is 1. The summed E-state index contributed by atoms with van der Waals surface area (Å²) in [4.78, 5) is 11.2. The van der Waals surface area contributed by atoms with Crippen LogP contribution in [0.4, 0.5) is 0 Å². The third kappa shape index (κ3) is 2.20. The fourth-order valence-corrected chi connectivity index (χ4v) is 1.61. The topological polar surface area (TPSA) is 17.1 Å². The van der Waals surface area contributed by atoms with Gasteiger partial charge in [0.25, 0.3) is 0 Å². The number of ketones is 1. The van der Waals surface area contributed by atoms with Crippen molar-refractivity contribution in [1.29, 1.82) is 0 Å². The molecule has 1 aliphatic carbocycles. The first-order chi connectivity index (χ1) is 5.65. The Morgan fingerprint density at radius 3 is 2.92 bits per heavy atom. The lowest BCUT2D eigenvalue weighted by Gasteiger charge is -2.14. The molecule has 0 aromatic heterocycles. The van der Waals surface area contributed by atoms with Gasteiger partial charge in [0.2, 0.25) is 0 Å². The Morgan fingerprint density at radius 1 is 1.75 bits per heavy atom. The van der Waals surface area contributed by atoms with Gasteiger partial charge in [-0.15, -0.1) is 11.6 Å². The molecule has 0 saturated carbocycles. The van der Waals surface area contributed by atoms with Crippen molar-refractivity contribution < 1.29 is 4.79 Å². The zero-order chi connectivity index (χ0) is 9.14. The molecule has 0 saturated heterocycles. The molecule has 0 heterocycles. The van der Waals surface area contributed by atoms with Gasteiger partial charge in [0.15, 0.2) is 5.78 Å². The molecule has 1 aliphatic rings. The van der Waals surface area contributed by atoms with Crippen molar-refractivity contribution in [3.63, 3.8) is 0 Å². The lowest BCUT2D eigenvalue weighted by atomic mass is 9.99. The Labute approximate surface area is 85.6 Å². The van der Waals surface area contributed by atoms with Crippen LogP contribution in [-0.2, 0) is 4.79 Å². The normalized spacial score (nSPS) is 23.1. The summed E-state index contributed by atoms with van der Waals surface area (Å²) < 4.78 is 0.955. The molecule has 0 bridgehead atoms. The Morgan fingerprint density at radius 2 is 2.42 bits per heavy atom. The van der Waals surface area contributed by atoms with Crippen LogP contribution < -0.4 is 0 Å². The van der Waals surface area contributed by atoms with E-state index in [4.69, 9.17) is 11.6 Å². The Hall–Kier alpha value is -0.0800. The zero-order valence-corrected chi connectivity index (χ0v) is 9.15. The van der Waals surface area contributed by atoms with E-state index >= 15 is 0 Å². The summed E-state index contributed by atoms with van der Waals surface area (Å²) in [7, 11) is 0. The van der Waals surface area contributed by atoms with Gasteiger partial charge in [-0.3, -0.25) is 4.79 Å². The highest BCUT2D eigenvalue weighted by Crippen LogP contribution is 2.28. The van der Waals surface area contributed by atoms with E-state index in [1.807, 2.05) is 19.1 Å². The van der Waals surface area contributed by atoms with Crippen LogP contribution in [0.3, 0.4) is 0 Å². The molecule has 0 radical (unpaired) electrons. The Balaban J connectivity index is 2.77. The largest absolute Gasteiger partial charge is 0.295 e. The van der Waals surface area contributed by atoms with E-state index in [1.54, 1.807) is 0 Å². The zero-order valence-electron chi connectivity index (χ0n) is 6.81. The molecule has 0 aromatic rings. The minimum absolute atomic E-state index is 0.0690. The molecule has 0 amide bonds. The summed E-state index contributed by atoms with van der Waals surface area (Å²) in [6, 6.07) is 0. The molecule has 0 spiro atoms. The Bertz CT molecular complexity index is 255. The quantitative estimate of drug-likeness (QED) is 0.687. The summed E-state index contributed by atoms with van der Waals surface area (Å²) in [5.41, 5.74) is 0.834. The van der Waals surface area contributed by atoms with E-state index in [2.05, 4.69) is 15.9 Å². The molecular formula is C9H10BrClO. The first-order valence-electron chi connectivity index (χ1n) is 3.88. The third-order valence-corrected chi connectivity index (χ3v) is 3.29. The summed E-state index contributed by atoms with van der Waals surface area (Å²) in [5.74, 6) is 0.192. The number of halogens is 2. The molecule has 12 heavy (non-hydrogen) atoms. The van der Waals surface area contributed by atoms with Crippen LogP contribution in [0.25, 0.3) is 0 Å². The molecule has 0 N–H and O–H groups in total. The number of carbonyl (C=O) groups is 1. The maximum atomic E-state index is 11.2. The van der Waals surface area contributed by atoms with Gasteiger partial charge in [-0.05, 0) is 12.0 Å². The Kier molecular flexibility index (Phi) is 3.53. The molecule has 1 atom stereocenters. The maximum Gasteiger partial charge on any atom is 0.158 e. The number of hydrogen-bond acceptors (Lipinski definition) is 1.